The molecule has 0 bridgehead atoms. The van der Waals surface area contributed by atoms with E-state index in [2.05, 4.69) is 27.8 Å². The highest BCUT2D eigenvalue weighted by Crippen LogP contribution is 2.19. The van der Waals surface area contributed by atoms with E-state index < -0.39 is 0 Å². The van der Waals surface area contributed by atoms with Crippen molar-refractivity contribution in [3.05, 3.63) is 22.8 Å². The van der Waals surface area contributed by atoms with Crippen molar-refractivity contribution in [1.29, 1.82) is 0 Å². The van der Waals surface area contributed by atoms with Crippen molar-refractivity contribution in [1.82, 2.24) is 4.98 Å². The normalized spacial score (nSPS) is 12.7. The van der Waals surface area contributed by atoms with Crippen LogP contribution in [0.4, 0.5) is 0 Å². The van der Waals surface area contributed by atoms with Crippen molar-refractivity contribution in [3.8, 4) is 0 Å². The largest absolute Gasteiger partial charge is 0.328 e. The third-order valence-electron chi connectivity index (χ3n) is 2.19. The molecular weight excluding hydrogens is 272 g/mol. The Morgan fingerprint density at radius 2 is 2.33 bits per heavy atom. The molecule has 0 fully saturated rings. The summed E-state index contributed by atoms with van der Waals surface area (Å²) in [6.07, 6.45) is 5.18. The highest BCUT2D eigenvalue weighted by atomic mass is 79.9. The van der Waals surface area contributed by atoms with Gasteiger partial charge in [0.05, 0.1) is 5.03 Å². The zero-order valence-corrected chi connectivity index (χ0v) is 11.4. The molecule has 1 aromatic heterocycles. The molecule has 1 heterocycles. The van der Waals surface area contributed by atoms with Crippen molar-refractivity contribution in [2.75, 3.05) is 5.75 Å². The molecule has 0 amide bonds. The minimum atomic E-state index is 0.364. The molecule has 0 aliphatic carbocycles. The molecule has 0 saturated carbocycles. The van der Waals surface area contributed by atoms with Gasteiger partial charge in [-0.15, -0.1) is 11.8 Å². The van der Waals surface area contributed by atoms with Crippen LogP contribution in [-0.4, -0.2) is 16.8 Å². The highest BCUT2D eigenvalue weighted by Gasteiger charge is 2.00. The van der Waals surface area contributed by atoms with E-state index in [4.69, 9.17) is 5.73 Å². The maximum atomic E-state index is 5.84. The second-order valence-electron chi connectivity index (χ2n) is 3.47. The molecule has 0 saturated heterocycles. The lowest BCUT2D eigenvalue weighted by molar-refractivity contribution is 0.589. The summed E-state index contributed by atoms with van der Waals surface area (Å²) in [7, 11) is 0. The van der Waals surface area contributed by atoms with Gasteiger partial charge in [0.25, 0.3) is 0 Å². The molecule has 1 atom stereocenters. The first kappa shape index (κ1) is 13.0. The Morgan fingerprint density at radius 3 is 2.93 bits per heavy atom. The Bertz CT molecular complexity index is 276. The van der Waals surface area contributed by atoms with Gasteiger partial charge in [-0.2, -0.15) is 0 Å². The molecular formula is C11H17BrN2S. The number of nitrogens with two attached hydrogens (primary N) is 1. The second-order valence-corrected chi connectivity index (χ2v) is 5.50. The fraction of sp³-hybridized carbons (Fsp3) is 0.545. The quantitative estimate of drug-likeness (QED) is 0.644. The molecule has 1 rings (SSSR count). The zero-order valence-electron chi connectivity index (χ0n) is 8.95. The van der Waals surface area contributed by atoms with Gasteiger partial charge in [0, 0.05) is 16.7 Å². The molecule has 0 aliphatic heterocycles. The minimum Gasteiger partial charge on any atom is -0.328 e. The fourth-order valence-electron chi connectivity index (χ4n) is 1.17. The van der Waals surface area contributed by atoms with Gasteiger partial charge in [0.1, 0.15) is 0 Å². The van der Waals surface area contributed by atoms with Gasteiger partial charge in [0.2, 0.25) is 0 Å². The molecule has 2 N–H and O–H groups in total. The van der Waals surface area contributed by atoms with Crippen LogP contribution in [0.25, 0.3) is 0 Å². The fourth-order valence-corrected chi connectivity index (χ4v) is 2.22. The standard InChI is InChI=1S/C11H17BrN2S/c1-2-10(13)4-3-7-15-11-6-5-9(12)8-14-11/h5-6,8,10H,2-4,7,13H2,1H3. The summed E-state index contributed by atoms with van der Waals surface area (Å²) in [5, 5.41) is 1.09. The molecule has 1 unspecified atom stereocenters. The van der Waals surface area contributed by atoms with Crippen LogP contribution in [0.2, 0.25) is 0 Å². The number of nitrogens with zero attached hydrogens (tertiary/aromatic N) is 1. The van der Waals surface area contributed by atoms with Crippen molar-refractivity contribution >= 4 is 27.7 Å². The van der Waals surface area contributed by atoms with Crippen molar-refractivity contribution < 1.29 is 0 Å². The first-order valence-electron chi connectivity index (χ1n) is 5.22. The lowest BCUT2D eigenvalue weighted by atomic mass is 10.1. The summed E-state index contributed by atoms with van der Waals surface area (Å²) in [6.45, 7) is 2.13. The van der Waals surface area contributed by atoms with E-state index in [9.17, 15) is 0 Å². The molecule has 0 radical (unpaired) electrons. The zero-order chi connectivity index (χ0) is 11.1. The summed E-state index contributed by atoms with van der Waals surface area (Å²) >= 11 is 5.16. The molecule has 2 nitrogen and oxygen atoms in total. The van der Waals surface area contributed by atoms with Crippen LogP contribution in [0.15, 0.2) is 27.8 Å². The summed E-state index contributed by atoms with van der Waals surface area (Å²) in [6, 6.07) is 4.42. The van der Waals surface area contributed by atoms with Gasteiger partial charge in [-0.3, -0.25) is 0 Å². The number of rotatable bonds is 6. The van der Waals surface area contributed by atoms with Crippen LogP contribution < -0.4 is 5.73 Å². The highest BCUT2D eigenvalue weighted by molar-refractivity contribution is 9.10. The third-order valence-corrected chi connectivity index (χ3v) is 3.69. The van der Waals surface area contributed by atoms with E-state index in [1.807, 2.05) is 18.3 Å². The maximum absolute atomic E-state index is 5.84. The van der Waals surface area contributed by atoms with Crippen molar-refractivity contribution in [2.45, 2.75) is 37.3 Å². The summed E-state index contributed by atoms with van der Waals surface area (Å²) in [4.78, 5) is 4.30. The molecule has 15 heavy (non-hydrogen) atoms. The molecule has 0 aromatic carbocycles. The van der Waals surface area contributed by atoms with E-state index >= 15 is 0 Å². The first-order chi connectivity index (χ1) is 7.22. The van der Waals surface area contributed by atoms with Crippen LogP contribution in [0.1, 0.15) is 26.2 Å². The Hall–Kier alpha value is -0.0600. The second kappa shape index (κ2) is 7.25. The Morgan fingerprint density at radius 1 is 1.53 bits per heavy atom. The number of thioether (sulfide) groups is 1. The number of pyridine rings is 1. The average molecular weight is 289 g/mol. The first-order valence-corrected chi connectivity index (χ1v) is 7.00. The number of hydrogen-bond acceptors (Lipinski definition) is 3. The lowest BCUT2D eigenvalue weighted by Crippen LogP contribution is -2.18. The topological polar surface area (TPSA) is 38.9 Å². The van der Waals surface area contributed by atoms with Gasteiger partial charge >= 0.3 is 0 Å². The molecule has 0 spiro atoms. The molecule has 1 aromatic rings. The summed E-state index contributed by atoms with van der Waals surface area (Å²) in [5.41, 5.74) is 5.84. The number of aromatic nitrogens is 1. The third kappa shape index (κ3) is 5.54. The Balaban J connectivity index is 2.17. The summed E-state index contributed by atoms with van der Waals surface area (Å²) < 4.78 is 1.03. The predicted octanol–water partition coefficient (Wildman–Crippen LogP) is 3.45. The van der Waals surface area contributed by atoms with Crippen molar-refractivity contribution in [3.63, 3.8) is 0 Å². The Labute approximate surface area is 104 Å². The van der Waals surface area contributed by atoms with Crippen LogP contribution in [0.3, 0.4) is 0 Å². The molecule has 84 valence electrons. The Kier molecular flexibility index (Phi) is 6.29. The van der Waals surface area contributed by atoms with Crippen LogP contribution >= 0.6 is 27.7 Å². The monoisotopic (exact) mass is 288 g/mol. The van der Waals surface area contributed by atoms with Crippen LogP contribution in [-0.2, 0) is 0 Å². The van der Waals surface area contributed by atoms with E-state index in [1.54, 1.807) is 11.8 Å². The van der Waals surface area contributed by atoms with E-state index in [0.717, 1.165) is 34.5 Å². The van der Waals surface area contributed by atoms with E-state index in [-0.39, 0.29) is 0 Å². The predicted molar refractivity (Wildman–Crippen MR) is 70.2 cm³/mol. The maximum Gasteiger partial charge on any atom is 0.0960 e. The van der Waals surface area contributed by atoms with Gasteiger partial charge in [-0.25, -0.2) is 4.98 Å². The SMILES string of the molecule is CCC(N)CCCSc1ccc(Br)cn1. The van der Waals surface area contributed by atoms with E-state index in [1.165, 1.54) is 0 Å². The van der Waals surface area contributed by atoms with Gasteiger partial charge in [-0.05, 0) is 53.1 Å². The lowest BCUT2D eigenvalue weighted by Gasteiger charge is -2.07. The van der Waals surface area contributed by atoms with Crippen LogP contribution in [0.5, 0.6) is 0 Å². The number of halogens is 1. The van der Waals surface area contributed by atoms with Gasteiger partial charge in [0.15, 0.2) is 0 Å². The van der Waals surface area contributed by atoms with E-state index in [0.29, 0.717) is 6.04 Å². The van der Waals surface area contributed by atoms with Crippen LogP contribution in [0, 0.1) is 0 Å². The van der Waals surface area contributed by atoms with Crippen molar-refractivity contribution in [2.24, 2.45) is 5.73 Å². The average Bonchev–Trinajstić information content (AvgIpc) is 2.26. The smallest absolute Gasteiger partial charge is 0.0960 e. The molecule has 4 heteroatoms. The number of hydrogen-bond donors (Lipinski definition) is 1. The minimum absolute atomic E-state index is 0.364. The molecule has 0 aliphatic rings. The van der Waals surface area contributed by atoms with Gasteiger partial charge < -0.3 is 5.73 Å². The van der Waals surface area contributed by atoms with Gasteiger partial charge in [-0.1, -0.05) is 6.92 Å². The summed E-state index contributed by atoms with van der Waals surface area (Å²) in [5.74, 6) is 1.10.